The van der Waals surface area contributed by atoms with E-state index in [1.165, 1.54) is 6.20 Å². The molecule has 0 aliphatic rings. The molecule has 0 saturated carbocycles. The van der Waals surface area contributed by atoms with E-state index in [9.17, 15) is 4.39 Å². The minimum Gasteiger partial charge on any atom is -0.484 e. The molecule has 1 heterocycles. The number of halogens is 2. The summed E-state index contributed by atoms with van der Waals surface area (Å²) >= 11 is 3.34. The van der Waals surface area contributed by atoms with Crippen molar-refractivity contribution in [2.45, 2.75) is 6.61 Å². The fourth-order valence-electron chi connectivity index (χ4n) is 1.22. The molecule has 2 rings (SSSR count). The second-order valence-corrected chi connectivity index (χ2v) is 4.12. The van der Waals surface area contributed by atoms with E-state index in [4.69, 9.17) is 4.74 Å². The van der Waals surface area contributed by atoms with Crippen LogP contribution in [0.5, 0.6) is 5.75 Å². The highest BCUT2D eigenvalue weighted by atomic mass is 79.9. The van der Waals surface area contributed by atoms with Gasteiger partial charge in [-0.05, 0) is 29.8 Å². The van der Waals surface area contributed by atoms with Crippen LogP contribution in [0.2, 0.25) is 0 Å². The van der Waals surface area contributed by atoms with Gasteiger partial charge in [0.25, 0.3) is 5.95 Å². The zero-order valence-electron chi connectivity index (χ0n) is 8.36. The normalized spacial score (nSPS) is 10.1. The molecule has 1 aromatic heterocycles. The van der Waals surface area contributed by atoms with Crippen molar-refractivity contribution in [3.63, 3.8) is 0 Å². The van der Waals surface area contributed by atoms with Crippen molar-refractivity contribution in [2.75, 3.05) is 0 Å². The van der Waals surface area contributed by atoms with Crippen molar-refractivity contribution in [1.29, 1.82) is 0 Å². The summed E-state index contributed by atoms with van der Waals surface area (Å²) < 4.78 is 19.4. The highest BCUT2D eigenvalue weighted by molar-refractivity contribution is 9.10. The van der Waals surface area contributed by atoms with Gasteiger partial charge in [0.2, 0.25) is 0 Å². The second kappa shape index (κ2) is 5.07. The zero-order valence-corrected chi connectivity index (χ0v) is 9.95. The fraction of sp³-hybridized carbons (Fsp3) is 0.0833. The summed E-state index contributed by atoms with van der Waals surface area (Å²) in [5, 5.41) is 0. The molecular weight excluding hydrogens is 273 g/mol. The van der Waals surface area contributed by atoms with Crippen molar-refractivity contribution >= 4 is 15.9 Å². The lowest BCUT2D eigenvalue weighted by atomic mass is 10.2. The van der Waals surface area contributed by atoms with Crippen molar-refractivity contribution in [2.24, 2.45) is 0 Å². The maximum absolute atomic E-state index is 13.1. The molecule has 0 spiro atoms. The van der Waals surface area contributed by atoms with Gasteiger partial charge in [-0.25, -0.2) is 4.98 Å². The first kappa shape index (κ1) is 11.1. The number of pyridine rings is 1. The van der Waals surface area contributed by atoms with Crippen LogP contribution in [0.3, 0.4) is 0 Å². The molecular formula is C12H9BrFNO. The summed E-state index contributed by atoms with van der Waals surface area (Å²) in [6, 6.07) is 10.9. The van der Waals surface area contributed by atoms with E-state index in [0.717, 1.165) is 10.0 Å². The molecule has 0 aliphatic carbocycles. The highest BCUT2D eigenvalue weighted by Crippen LogP contribution is 2.16. The van der Waals surface area contributed by atoms with E-state index >= 15 is 0 Å². The third kappa shape index (κ3) is 2.79. The Hall–Kier alpha value is -1.42. The molecule has 0 unspecified atom stereocenters. The van der Waals surface area contributed by atoms with Crippen LogP contribution in [0, 0.1) is 5.95 Å². The topological polar surface area (TPSA) is 22.1 Å². The Morgan fingerprint density at radius 1 is 1.19 bits per heavy atom. The van der Waals surface area contributed by atoms with Gasteiger partial charge >= 0.3 is 0 Å². The Morgan fingerprint density at radius 2 is 1.94 bits per heavy atom. The first-order valence-corrected chi connectivity index (χ1v) is 5.53. The SMILES string of the molecule is Fc1ncccc1OCc1ccc(Br)cc1. The smallest absolute Gasteiger partial charge is 0.255 e. The van der Waals surface area contributed by atoms with Crippen LogP contribution in [0.1, 0.15) is 5.56 Å². The number of hydrogen-bond donors (Lipinski definition) is 0. The quantitative estimate of drug-likeness (QED) is 0.803. The average Bonchev–Trinajstić information content (AvgIpc) is 2.30. The van der Waals surface area contributed by atoms with Crippen molar-refractivity contribution in [3.8, 4) is 5.75 Å². The molecule has 0 fully saturated rings. The number of hydrogen-bond acceptors (Lipinski definition) is 2. The van der Waals surface area contributed by atoms with Crippen LogP contribution in [-0.2, 0) is 6.61 Å². The van der Waals surface area contributed by atoms with Gasteiger partial charge in [0, 0.05) is 10.7 Å². The molecule has 1 aromatic carbocycles. The predicted molar refractivity (Wildman–Crippen MR) is 62.7 cm³/mol. The van der Waals surface area contributed by atoms with Crippen molar-refractivity contribution in [3.05, 3.63) is 58.6 Å². The first-order chi connectivity index (χ1) is 7.75. The Labute approximate surface area is 101 Å². The molecule has 2 aromatic rings. The highest BCUT2D eigenvalue weighted by Gasteiger charge is 2.02. The number of aromatic nitrogens is 1. The van der Waals surface area contributed by atoms with E-state index in [2.05, 4.69) is 20.9 Å². The van der Waals surface area contributed by atoms with Gasteiger partial charge in [-0.15, -0.1) is 0 Å². The number of benzene rings is 1. The summed E-state index contributed by atoms with van der Waals surface area (Å²) in [5.41, 5.74) is 0.978. The third-order valence-corrected chi connectivity index (χ3v) is 2.56. The Bertz CT molecular complexity index is 473. The zero-order chi connectivity index (χ0) is 11.4. The molecule has 0 saturated heterocycles. The van der Waals surface area contributed by atoms with Gasteiger partial charge in [-0.2, -0.15) is 4.39 Å². The lowest BCUT2D eigenvalue weighted by Crippen LogP contribution is -1.98. The number of rotatable bonds is 3. The van der Waals surface area contributed by atoms with Gasteiger partial charge in [0.05, 0.1) is 0 Å². The summed E-state index contributed by atoms with van der Waals surface area (Å²) in [6.45, 7) is 0.329. The minimum absolute atomic E-state index is 0.172. The fourth-order valence-corrected chi connectivity index (χ4v) is 1.49. The van der Waals surface area contributed by atoms with E-state index in [1.807, 2.05) is 24.3 Å². The lowest BCUT2D eigenvalue weighted by molar-refractivity contribution is 0.286. The van der Waals surface area contributed by atoms with Gasteiger partial charge in [0.1, 0.15) is 6.61 Å². The summed E-state index contributed by atoms with van der Waals surface area (Å²) in [7, 11) is 0. The molecule has 16 heavy (non-hydrogen) atoms. The molecule has 0 atom stereocenters. The second-order valence-electron chi connectivity index (χ2n) is 3.21. The minimum atomic E-state index is -0.584. The van der Waals surface area contributed by atoms with Crippen LogP contribution < -0.4 is 4.74 Å². The van der Waals surface area contributed by atoms with E-state index < -0.39 is 5.95 Å². The largest absolute Gasteiger partial charge is 0.484 e. The Morgan fingerprint density at radius 3 is 2.62 bits per heavy atom. The monoisotopic (exact) mass is 281 g/mol. The van der Waals surface area contributed by atoms with Crippen LogP contribution in [-0.4, -0.2) is 4.98 Å². The molecule has 0 radical (unpaired) electrons. The van der Waals surface area contributed by atoms with E-state index in [-0.39, 0.29) is 5.75 Å². The first-order valence-electron chi connectivity index (χ1n) is 4.73. The lowest BCUT2D eigenvalue weighted by Gasteiger charge is -2.06. The molecule has 82 valence electrons. The van der Waals surface area contributed by atoms with Crippen LogP contribution in [0.25, 0.3) is 0 Å². The van der Waals surface area contributed by atoms with Crippen molar-refractivity contribution in [1.82, 2.24) is 4.98 Å². The van der Waals surface area contributed by atoms with Gasteiger partial charge in [0.15, 0.2) is 5.75 Å². The molecule has 0 aliphatic heterocycles. The third-order valence-electron chi connectivity index (χ3n) is 2.03. The van der Waals surface area contributed by atoms with Crippen LogP contribution in [0.15, 0.2) is 47.1 Å². The van der Waals surface area contributed by atoms with E-state index in [1.54, 1.807) is 12.1 Å². The molecule has 0 N–H and O–H groups in total. The van der Waals surface area contributed by atoms with Gasteiger partial charge < -0.3 is 4.74 Å². The van der Waals surface area contributed by atoms with E-state index in [0.29, 0.717) is 6.61 Å². The maximum Gasteiger partial charge on any atom is 0.255 e. The van der Waals surface area contributed by atoms with Crippen LogP contribution in [0.4, 0.5) is 4.39 Å². The van der Waals surface area contributed by atoms with Crippen molar-refractivity contribution < 1.29 is 9.13 Å². The number of ether oxygens (including phenoxy) is 1. The van der Waals surface area contributed by atoms with Gasteiger partial charge in [-0.3, -0.25) is 0 Å². The molecule has 0 amide bonds. The maximum atomic E-state index is 13.1. The molecule has 2 nitrogen and oxygen atoms in total. The van der Waals surface area contributed by atoms with Gasteiger partial charge in [-0.1, -0.05) is 28.1 Å². The predicted octanol–water partition coefficient (Wildman–Crippen LogP) is 3.56. The number of nitrogens with zero attached hydrogens (tertiary/aromatic N) is 1. The summed E-state index contributed by atoms with van der Waals surface area (Å²) in [5.74, 6) is -0.412. The molecule has 0 bridgehead atoms. The summed E-state index contributed by atoms with van der Waals surface area (Å²) in [6.07, 6.45) is 1.39. The Balaban J connectivity index is 2.02. The molecule has 4 heteroatoms. The Kier molecular flexibility index (Phi) is 3.51. The summed E-state index contributed by atoms with van der Waals surface area (Å²) in [4.78, 5) is 3.51. The van der Waals surface area contributed by atoms with Crippen LogP contribution >= 0.6 is 15.9 Å². The standard InChI is InChI=1S/C12H9BrFNO/c13-10-5-3-9(4-6-10)8-16-11-2-1-7-15-12(11)14/h1-7H,8H2. The average molecular weight is 282 g/mol.